The summed E-state index contributed by atoms with van der Waals surface area (Å²) in [4.78, 5) is 2.30. The van der Waals surface area contributed by atoms with Gasteiger partial charge in [0.25, 0.3) is 0 Å². The lowest BCUT2D eigenvalue weighted by Crippen LogP contribution is -2.44. The van der Waals surface area contributed by atoms with Crippen LogP contribution in [0.25, 0.3) is 0 Å². The molecule has 1 aromatic heterocycles. The lowest BCUT2D eigenvalue weighted by atomic mass is 10.1. The van der Waals surface area contributed by atoms with Crippen LogP contribution < -0.4 is 10.2 Å². The summed E-state index contributed by atoms with van der Waals surface area (Å²) in [7, 11) is 2.02. The van der Waals surface area contributed by atoms with Gasteiger partial charge in [0.05, 0.1) is 0 Å². The molecule has 1 fully saturated rings. The summed E-state index contributed by atoms with van der Waals surface area (Å²) in [6.45, 7) is 4.16. The topological polar surface area (TPSA) is 41.3 Å². The van der Waals surface area contributed by atoms with Crippen molar-refractivity contribution in [2.45, 2.75) is 25.8 Å². The highest BCUT2D eigenvalue weighted by Gasteiger charge is 2.21. The van der Waals surface area contributed by atoms with Crippen molar-refractivity contribution in [3.8, 4) is 0 Å². The highest BCUT2D eigenvalue weighted by atomic mass is 16.5. The van der Waals surface area contributed by atoms with E-state index in [1.165, 1.54) is 12.8 Å². The molecule has 0 saturated carbocycles. The van der Waals surface area contributed by atoms with Crippen molar-refractivity contribution < 1.29 is 4.52 Å². The van der Waals surface area contributed by atoms with Crippen LogP contribution in [-0.4, -0.2) is 31.3 Å². The van der Waals surface area contributed by atoms with Gasteiger partial charge in [0.1, 0.15) is 6.26 Å². The van der Waals surface area contributed by atoms with E-state index in [0.29, 0.717) is 6.04 Å². The summed E-state index contributed by atoms with van der Waals surface area (Å²) in [5.41, 5.74) is 1.13. The van der Waals surface area contributed by atoms with Crippen LogP contribution in [0.15, 0.2) is 10.8 Å². The SMILES string of the molecule is CN[C@@H]1CCCN(c2nocc2C)C1. The zero-order valence-electron chi connectivity index (χ0n) is 8.79. The minimum atomic E-state index is 0.583. The number of nitrogens with one attached hydrogen (secondary N) is 1. The number of hydrogen-bond donors (Lipinski definition) is 1. The Kier molecular flexibility index (Phi) is 2.72. The summed E-state index contributed by atoms with van der Waals surface area (Å²) >= 11 is 0. The fraction of sp³-hybridized carbons (Fsp3) is 0.700. The number of piperidine rings is 1. The number of likely N-dealkylation sites (N-methyl/N-ethyl adjacent to an activating group) is 1. The number of nitrogens with zero attached hydrogens (tertiary/aromatic N) is 2. The van der Waals surface area contributed by atoms with E-state index in [4.69, 9.17) is 4.52 Å². The number of aromatic nitrogens is 1. The first-order valence-electron chi connectivity index (χ1n) is 5.14. The van der Waals surface area contributed by atoms with E-state index in [1.54, 1.807) is 6.26 Å². The molecule has 0 aromatic carbocycles. The van der Waals surface area contributed by atoms with Crippen molar-refractivity contribution in [2.24, 2.45) is 0 Å². The van der Waals surface area contributed by atoms with Crippen LogP contribution >= 0.6 is 0 Å². The molecule has 78 valence electrons. The summed E-state index contributed by atoms with van der Waals surface area (Å²) in [5.74, 6) is 1.00. The second kappa shape index (κ2) is 4.00. The standard InChI is InChI=1S/C10H17N3O/c1-8-7-14-12-10(8)13-5-3-4-9(6-13)11-2/h7,9,11H,3-6H2,1-2H3/t9-/m1/s1. The molecule has 0 bridgehead atoms. The molecular formula is C10H17N3O. The maximum Gasteiger partial charge on any atom is 0.174 e. The molecule has 14 heavy (non-hydrogen) atoms. The quantitative estimate of drug-likeness (QED) is 0.769. The Morgan fingerprint density at radius 1 is 1.64 bits per heavy atom. The second-order valence-electron chi connectivity index (χ2n) is 3.90. The van der Waals surface area contributed by atoms with Crippen LogP contribution in [0.1, 0.15) is 18.4 Å². The van der Waals surface area contributed by atoms with Crippen LogP contribution in [0.5, 0.6) is 0 Å². The zero-order valence-corrected chi connectivity index (χ0v) is 8.79. The van der Waals surface area contributed by atoms with E-state index in [0.717, 1.165) is 24.5 Å². The van der Waals surface area contributed by atoms with Gasteiger partial charge in [-0.2, -0.15) is 0 Å². The minimum Gasteiger partial charge on any atom is -0.362 e. The molecule has 4 nitrogen and oxygen atoms in total. The minimum absolute atomic E-state index is 0.583. The first kappa shape index (κ1) is 9.52. The molecule has 1 atom stereocenters. The Labute approximate surface area is 84.3 Å². The first-order valence-corrected chi connectivity index (χ1v) is 5.14. The molecule has 0 amide bonds. The normalized spacial score (nSPS) is 22.7. The van der Waals surface area contributed by atoms with Crippen molar-refractivity contribution in [1.82, 2.24) is 10.5 Å². The number of anilines is 1. The van der Waals surface area contributed by atoms with Gasteiger partial charge in [0.2, 0.25) is 0 Å². The molecular weight excluding hydrogens is 178 g/mol. The predicted octanol–water partition coefficient (Wildman–Crippen LogP) is 1.17. The van der Waals surface area contributed by atoms with Gasteiger partial charge in [-0.25, -0.2) is 0 Å². The van der Waals surface area contributed by atoms with Crippen molar-refractivity contribution in [2.75, 3.05) is 25.0 Å². The van der Waals surface area contributed by atoms with Gasteiger partial charge in [-0.05, 0) is 26.8 Å². The van der Waals surface area contributed by atoms with Gasteiger partial charge in [-0.3, -0.25) is 0 Å². The molecule has 0 radical (unpaired) electrons. The molecule has 1 saturated heterocycles. The number of rotatable bonds is 2. The maximum absolute atomic E-state index is 4.96. The van der Waals surface area contributed by atoms with E-state index in [-0.39, 0.29) is 0 Å². The summed E-state index contributed by atoms with van der Waals surface area (Å²) in [6, 6.07) is 0.583. The fourth-order valence-corrected chi connectivity index (χ4v) is 1.99. The van der Waals surface area contributed by atoms with Gasteiger partial charge < -0.3 is 14.7 Å². The van der Waals surface area contributed by atoms with Gasteiger partial charge in [0, 0.05) is 24.7 Å². The van der Waals surface area contributed by atoms with Crippen LogP contribution in [0, 0.1) is 6.92 Å². The van der Waals surface area contributed by atoms with Crippen LogP contribution in [0.3, 0.4) is 0 Å². The summed E-state index contributed by atoms with van der Waals surface area (Å²) in [6.07, 6.45) is 4.18. The molecule has 2 rings (SSSR count). The number of hydrogen-bond acceptors (Lipinski definition) is 4. The molecule has 0 aliphatic carbocycles. The zero-order chi connectivity index (χ0) is 9.97. The third-order valence-electron chi connectivity index (χ3n) is 2.85. The van der Waals surface area contributed by atoms with Gasteiger partial charge >= 0.3 is 0 Å². The predicted molar refractivity (Wildman–Crippen MR) is 55.5 cm³/mol. The molecule has 1 aliphatic heterocycles. The van der Waals surface area contributed by atoms with E-state index in [2.05, 4.69) is 15.4 Å². The van der Waals surface area contributed by atoms with Gasteiger partial charge in [-0.15, -0.1) is 0 Å². The molecule has 4 heteroatoms. The monoisotopic (exact) mass is 195 g/mol. The summed E-state index contributed by atoms with van der Waals surface area (Å²) < 4.78 is 4.96. The third-order valence-corrected chi connectivity index (χ3v) is 2.85. The van der Waals surface area contributed by atoms with E-state index >= 15 is 0 Å². The Morgan fingerprint density at radius 2 is 2.50 bits per heavy atom. The molecule has 1 aromatic rings. The van der Waals surface area contributed by atoms with Crippen molar-refractivity contribution in [3.05, 3.63) is 11.8 Å². The van der Waals surface area contributed by atoms with Crippen molar-refractivity contribution in [1.29, 1.82) is 0 Å². The van der Waals surface area contributed by atoms with E-state index in [1.807, 2.05) is 14.0 Å². The van der Waals surface area contributed by atoms with E-state index < -0.39 is 0 Å². The van der Waals surface area contributed by atoms with Gasteiger partial charge in [0.15, 0.2) is 5.82 Å². The highest BCUT2D eigenvalue weighted by molar-refractivity contribution is 5.44. The largest absolute Gasteiger partial charge is 0.362 e. The Bertz CT molecular complexity index is 297. The lowest BCUT2D eigenvalue weighted by Gasteiger charge is -2.32. The van der Waals surface area contributed by atoms with Crippen molar-refractivity contribution in [3.63, 3.8) is 0 Å². The number of aryl methyl sites for hydroxylation is 1. The van der Waals surface area contributed by atoms with Gasteiger partial charge in [-0.1, -0.05) is 5.16 Å². The van der Waals surface area contributed by atoms with Crippen molar-refractivity contribution >= 4 is 5.82 Å². The molecule has 2 heterocycles. The lowest BCUT2D eigenvalue weighted by molar-refractivity contribution is 0.406. The average molecular weight is 195 g/mol. The molecule has 0 unspecified atom stereocenters. The Balaban J connectivity index is 2.08. The Hall–Kier alpha value is -1.03. The molecule has 1 N–H and O–H groups in total. The van der Waals surface area contributed by atoms with Crippen LogP contribution in [0.2, 0.25) is 0 Å². The van der Waals surface area contributed by atoms with Crippen LogP contribution in [0.4, 0.5) is 5.82 Å². The smallest absolute Gasteiger partial charge is 0.174 e. The van der Waals surface area contributed by atoms with E-state index in [9.17, 15) is 0 Å². The van der Waals surface area contributed by atoms with Crippen LogP contribution in [-0.2, 0) is 0 Å². The third kappa shape index (κ3) is 1.75. The average Bonchev–Trinajstić information content (AvgIpc) is 2.65. The first-order chi connectivity index (χ1) is 6.81. The second-order valence-corrected chi connectivity index (χ2v) is 3.90. The molecule has 0 spiro atoms. The highest BCUT2D eigenvalue weighted by Crippen LogP contribution is 2.21. The Morgan fingerprint density at radius 3 is 3.14 bits per heavy atom. The molecule has 1 aliphatic rings. The maximum atomic E-state index is 4.96. The summed E-state index contributed by atoms with van der Waals surface area (Å²) in [5, 5.41) is 7.35. The fourth-order valence-electron chi connectivity index (χ4n) is 1.99.